The van der Waals surface area contributed by atoms with Gasteiger partial charge in [-0.3, -0.25) is 4.79 Å². The number of ether oxygens (including phenoxy) is 1. The van der Waals surface area contributed by atoms with Crippen LogP contribution in [-0.4, -0.2) is 90.1 Å². The number of hydrogen-bond acceptors (Lipinski definition) is 9. The van der Waals surface area contributed by atoms with E-state index in [0.29, 0.717) is 45.0 Å². The Hall–Kier alpha value is -2.74. The quantitative estimate of drug-likeness (QED) is 0.295. The molecular formula is C25H33N7O4S2. The summed E-state index contributed by atoms with van der Waals surface area (Å²) in [6, 6.07) is 6.04. The molecule has 38 heavy (non-hydrogen) atoms. The number of nitrogens with zero attached hydrogens (tertiary/aromatic N) is 6. The minimum absolute atomic E-state index is 0.171. The van der Waals surface area contributed by atoms with Crippen LogP contribution in [0.2, 0.25) is 0 Å². The van der Waals surface area contributed by atoms with Gasteiger partial charge in [0.05, 0.1) is 36.2 Å². The van der Waals surface area contributed by atoms with Gasteiger partial charge < -0.3 is 15.0 Å². The molecule has 4 heterocycles. The van der Waals surface area contributed by atoms with Crippen LogP contribution in [0.1, 0.15) is 36.5 Å². The van der Waals surface area contributed by atoms with Crippen molar-refractivity contribution in [1.82, 2.24) is 29.4 Å². The second-order valence-electron chi connectivity index (χ2n) is 9.27. The molecule has 0 atom stereocenters. The van der Waals surface area contributed by atoms with Crippen molar-refractivity contribution < 1.29 is 17.9 Å². The number of morpholine rings is 1. The van der Waals surface area contributed by atoms with Gasteiger partial charge in [0, 0.05) is 44.0 Å². The minimum atomic E-state index is -3.60. The maximum Gasteiger partial charge on any atom is 0.251 e. The van der Waals surface area contributed by atoms with Crippen LogP contribution in [0.3, 0.4) is 0 Å². The van der Waals surface area contributed by atoms with Crippen molar-refractivity contribution in [2.24, 2.45) is 0 Å². The van der Waals surface area contributed by atoms with Gasteiger partial charge in [-0.1, -0.05) is 18.7 Å². The number of nitrogens with one attached hydrogen (secondary N) is 1. The third-order valence-electron chi connectivity index (χ3n) is 6.63. The molecule has 2 saturated heterocycles. The molecule has 11 nitrogen and oxygen atoms in total. The van der Waals surface area contributed by atoms with Crippen LogP contribution in [-0.2, 0) is 21.3 Å². The fourth-order valence-corrected chi connectivity index (χ4v) is 6.70. The molecule has 13 heteroatoms. The van der Waals surface area contributed by atoms with E-state index in [1.165, 1.54) is 16.4 Å². The van der Waals surface area contributed by atoms with E-state index in [1.54, 1.807) is 23.9 Å². The molecular weight excluding hydrogens is 526 g/mol. The van der Waals surface area contributed by atoms with Crippen molar-refractivity contribution in [3.8, 4) is 0 Å². The first-order valence-corrected chi connectivity index (χ1v) is 15.5. The van der Waals surface area contributed by atoms with Crippen molar-refractivity contribution in [3.63, 3.8) is 0 Å². The summed E-state index contributed by atoms with van der Waals surface area (Å²) in [5.74, 6) is 1.61. The molecule has 2 aromatic heterocycles. The molecule has 0 aliphatic carbocycles. The number of thioether (sulfide) groups is 1. The van der Waals surface area contributed by atoms with E-state index < -0.39 is 10.0 Å². The molecule has 0 saturated carbocycles. The van der Waals surface area contributed by atoms with Crippen molar-refractivity contribution >= 4 is 44.5 Å². The first-order chi connectivity index (χ1) is 18.5. The molecule has 1 N–H and O–H groups in total. The summed E-state index contributed by atoms with van der Waals surface area (Å²) in [4.78, 5) is 24.8. The largest absolute Gasteiger partial charge is 0.379 e. The number of anilines is 1. The number of amides is 1. The van der Waals surface area contributed by atoms with E-state index in [0.717, 1.165) is 60.1 Å². The Kier molecular flexibility index (Phi) is 8.46. The monoisotopic (exact) mass is 559 g/mol. The van der Waals surface area contributed by atoms with Crippen LogP contribution < -0.4 is 10.2 Å². The number of sulfonamides is 1. The zero-order chi connectivity index (χ0) is 26.5. The number of hydrogen-bond donors (Lipinski definition) is 1. The topological polar surface area (TPSA) is 123 Å². The molecule has 0 radical (unpaired) electrons. The summed E-state index contributed by atoms with van der Waals surface area (Å²) in [7, 11) is -3.60. The third-order valence-corrected chi connectivity index (χ3v) is 9.60. The van der Waals surface area contributed by atoms with Crippen LogP contribution >= 0.6 is 11.8 Å². The van der Waals surface area contributed by atoms with Gasteiger partial charge in [0.2, 0.25) is 10.0 Å². The molecule has 2 fully saturated rings. The molecule has 1 amide bonds. The van der Waals surface area contributed by atoms with Gasteiger partial charge in [0.25, 0.3) is 5.91 Å². The van der Waals surface area contributed by atoms with Gasteiger partial charge in [-0.2, -0.15) is 9.40 Å². The lowest BCUT2D eigenvalue weighted by atomic mass is 10.2. The zero-order valence-corrected chi connectivity index (χ0v) is 23.1. The van der Waals surface area contributed by atoms with E-state index in [4.69, 9.17) is 14.7 Å². The lowest BCUT2D eigenvalue weighted by molar-refractivity contribution is 0.0730. The Morgan fingerprint density at radius 2 is 1.82 bits per heavy atom. The van der Waals surface area contributed by atoms with Crippen molar-refractivity contribution in [2.45, 2.75) is 42.8 Å². The summed E-state index contributed by atoms with van der Waals surface area (Å²) < 4.78 is 34.1. The highest BCUT2D eigenvalue weighted by Crippen LogP contribution is 2.29. The molecule has 5 rings (SSSR count). The summed E-state index contributed by atoms with van der Waals surface area (Å²) in [5.41, 5.74) is 1.17. The molecule has 2 aliphatic rings. The Balaban J connectivity index is 1.25. The predicted octanol–water partition coefficient (Wildman–Crippen LogP) is 2.38. The van der Waals surface area contributed by atoms with Gasteiger partial charge in [0.1, 0.15) is 5.82 Å². The second-order valence-corrected chi connectivity index (χ2v) is 12.3. The predicted molar refractivity (Wildman–Crippen MR) is 146 cm³/mol. The molecule has 0 spiro atoms. The third kappa shape index (κ3) is 5.80. The lowest BCUT2D eigenvalue weighted by Gasteiger charge is -2.26. The standard InChI is InChI=1S/C25H33N7O4S2/c1-2-17-37-25-28-22(30-10-3-4-11-30)21-18-27-32(23(21)29-25)12-9-26-24(33)19-5-7-20(8-6-19)38(34,35)31-13-15-36-16-14-31/h5-8,18H,2-4,9-17H2,1H3,(H,26,33). The van der Waals surface area contributed by atoms with Crippen LogP contribution in [0, 0.1) is 0 Å². The number of aromatic nitrogens is 4. The Bertz CT molecular complexity index is 1370. The molecule has 2 aliphatic heterocycles. The fourth-order valence-electron chi connectivity index (χ4n) is 4.60. The van der Waals surface area contributed by atoms with E-state index in [-0.39, 0.29) is 10.8 Å². The SMILES string of the molecule is CCCSc1nc(N2CCCC2)c2cnn(CCNC(=O)c3ccc(S(=O)(=O)N4CCOCC4)cc3)c2n1. The van der Waals surface area contributed by atoms with Crippen LogP contribution in [0.15, 0.2) is 40.5 Å². The Morgan fingerprint density at radius 1 is 1.08 bits per heavy atom. The highest BCUT2D eigenvalue weighted by molar-refractivity contribution is 7.99. The Morgan fingerprint density at radius 3 is 2.53 bits per heavy atom. The minimum Gasteiger partial charge on any atom is -0.379 e. The van der Waals surface area contributed by atoms with Crippen molar-refractivity contribution in [3.05, 3.63) is 36.0 Å². The first kappa shape index (κ1) is 26.9. The summed E-state index contributed by atoms with van der Waals surface area (Å²) >= 11 is 1.65. The maximum absolute atomic E-state index is 12.8. The van der Waals surface area contributed by atoms with Gasteiger partial charge in [-0.15, -0.1) is 0 Å². The molecule has 3 aromatic rings. The van der Waals surface area contributed by atoms with Gasteiger partial charge in [0.15, 0.2) is 10.8 Å². The summed E-state index contributed by atoms with van der Waals surface area (Å²) in [5, 5.41) is 9.13. The van der Waals surface area contributed by atoms with Crippen LogP contribution in [0.5, 0.6) is 0 Å². The fraction of sp³-hybridized carbons (Fsp3) is 0.520. The smallest absolute Gasteiger partial charge is 0.251 e. The number of carbonyl (C=O) groups excluding carboxylic acids is 1. The normalized spacial score (nSPS) is 16.8. The van der Waals surface area contributed by atoms with E-state index in [9.17, 15) is 13.2 Å². The molecule has 0 unspecified atom stereocenters. The summed E-state index contributed by atoms with van der Waals surface area (Å²) in [6.07, 6.45) is 5.16. The number of benzene rings is 1. The maximum atomic E-state index is 12.8. The highest BCUT2D eigenvalue weighted by atomic mass is 32.2. The van der Waals surface area contributed by atoms with E-state index >= 15 is 0 Å². The van der Waals surface area contributed by atoms with E-state index in [2.05, 4.69) is 22.2 Å². The molecule has 0 bridgehead atoms. The molecule has 1 aromatic carbocycles. The van der Waals surface area contributed by atoms with E-state index in [1.807, 2.05) is 10.9 Å². The van der Waals surface area contributed by atoms with Gasteiger partial charge in [-0.05, 0) is 43.5 Å². The average molecular weight is 560 g/mol. The number of rotatable bonds is 10. The highest BCUT2D eigenvalue weighted by Gasteiger charge is 2.26. The average Bonchev–Trinajstić information content (AvgIpc) is 3.63. The molecule has 204 valence electrons. The summed E-state index contributed by atoms with van der Waals surface area (Å²) in [6.45, 7) is 6.33. The first-order valence-electron chi connectivity index (χ1n) is 13.0. The lowest BCUT2D eigenvalue weighted by Crippen LogP contribution is -2.40. The number of carbonyl (C=O) groups is 1. The van der Waals surface area contributed by atoms with Gasteiger partial charge >= 0.3 is 0 Å². The van der Waals surface area contributed by atoms with Crippen molar-refractivity contribution in [1.29, 1.82) is 0 Å². The second kappa shape index (κ2) is 12.0. The Labute approximate surface area is 227 Å². The zero-order valence-electron chi connectivity index (χ0n) is 21.5. The van der Waals surface area contributed by atoms with Crippen LogP contribution in [0.25, 0.3) is 11.0 Å². The number of fused-ring (bicyclic) bond motifs is 1. The van der Waals surface area contributed by atoms with Crippen LogP contribution in [0.4, 0.5) is 5.82 Å². The van der Waals surface area contributed by atoms with Gasteiger partial charge in [-0.25, -0.2) is 23.1 Å². The van der Waals surface area contributed by atoms with Crippen molar-refractivity contribution in [2.75, 3.05) is 56.6 Å².